The van der Waals surface area contributed by atoms with Crippen LogP contribution in [0.25, 0.3) is 6.08 Å². The highest BCUT2D eigenvalue weighted by Crippen LogP contribution is 2.33. The standard InChI is InChI=1S/C25H19Cl2N3O6/c1-2-35-24-11-15(6-9-23(24)36-14-18-19(26)4-3-5-20(18)27)10-16(13-28)25(32)29-21-8-7-17(30(33)34)12-22(21)31/h3-12,31H,2,14H2,1H3,(H,29,32)/b16-10+. The summed E-state index contributed by atoms with van der Waals surface area (Å²) in [6.07, 6.45) is 1.33. The zero-order valence-corrected chi connectivity index (χ0v) is 20.3. The lowest BCUT2D eigenvalue weighted by Gasteiger charge is -2.14. The number of aromatic hydroxyl groups is 1. The van der Waals surface area contributed by atoms with Gasteiger partial charge in [-0.3, -0.25) is 14.9 Å². The van der Waals surface area contributed by atoms with Crippen LogP contribution >= 0.6 is 23.2 Å². The van der Waals surface area contributed by atoms with E-state index in [9.17, 15) is 25.3 Å². The minimum absolute atomic E-state index is 0.0799. The largest absolute Gasteiger partial charge is 0.506 e. The summed E-state index contributed by atoms with van der Waals surface area (Å²) >= 11 is 12.4. The van der Waals surface area contributed by atoms with Gasteiger partial charge in [0.15, 0.2) is 11.5 Å². The molecule has 0 fully saturated rings. The molecule has 0 unspecified atom stereocenters. The number of rotatable bonds is 9. The number of phenolic OH excluding ortho intramolecular Hbond substituents is 1. The number of nitrogens with zero attached hydrogens (tertiary/aromatic N) is 2. The molecule has 0 saturated carbocycles. The molecule has 3 rings (SSSR count). The minimum Gasteiger partial charge on any atom is -0.506 e. The van der Waals surface area contributed by atoms with E-state index in [1.807, 2.05) is 0 Å². The van der Waals surface area contributed by atoms with Crippen LogP contribution in [0.5, 0.6) is 17.2 Å². The number of hydrogen-bond acceptors (Lipinski definition) is 7. The van der Waals surface area contributed by atoms with E-state index in [-0.39, 0.29) is 23.6 Å². The molecule has 9 nitrogen and oxygen atoms in total. The SMILES string of the molecule is CCOc1cc(/C=C(\C#N)C(=O)Nc2ccc([N+](=O)[O-])cc2O)ccc1OCc1c(Cl)cccc1Cl. The van der Waals surface area contributed by atoms with Gasteiger partial charge in [0.2, 0.25) is 0 Å². The number of hydrogen-bond donors (Lipinski definition) is 2. The highest BCUT2D eigenvalue weighted by atomic mass is 35.5. The Bertz CT molecular complexity index is 1360. The summed E-state index contributed by atoms with van der Waals surface area (Å²) in [5.74, 6) is -0.536. The molecule has 3 aromatic rings. The van der Waals surface area contributed by atoms with Crippen molar-refractivity contribution < 1.29 is 24.3 Å². The average Bonchev–Trinajstić information content (AvgIpc) is 2.84. The first-order valence-electron chi connectivity index (χ1n) is 10.5. The Labute approximate surface area is 216 Å². The van der Waals surface area contributed by atoms with E-state index < -0.39 is 16.6 Å². The second-order valence-electron chi connectivity index (χ2n) is 7.21. The monoisotopic (exact) mass is 527 g/mol. The first kappa shape index (κ1) is 26.3. The molecule has 0 aliphatic heterocycles. The van der Waals surface area contributed by atoms with Crippen molar-refractivity contribution in [2.45, 2.75) is 13.5 Å². The van der Waals surface area contributed by atoms with Crippen LogP contribution in [0.2, 0.25) is 10.0 Å². The maximum atomic E-state index is 12.6. The summed E-state index contributed by atoms with van der Waals surface area (Å²) in [7, 11) is 0. The van der Waals surface area contributed by atoms with Gasteiger partial charge in [-0.05, 0) is 48.9 Å². The molecule has 0 saturated heterocycles. The summed E-state index contributed by atoms with van der Waals surface area (Å²) in [4.78, 5) is 22.7. The Kier molecular flexibility index (Phi) is 8.73. The fourth-order valence-corrected chi connectivity index (χ4v) is 3.57. The van der Waals surface area contributed by atoms with E-state index in [2.05, 4.69) is 5.32 Å². The number of nitro groups is 1. The van der Waals surface area contributed by atoms with Crippen molar-refractivity contribution in [1.82, 2.24) is 0 Å². The molecule has 2 N–H and O–H groups in total. The van der Waals surface area contributed by atoms with Gasteiger partial charge in [-0.1, -0.05) is 35.3 Å². The molecule has 184 valence electrons. The number of phenols is 1. The molecule has 0 aliphatic rings. The Balaban J connectivity index is 1.81. The van der Waals surface area contributed by atoms with Gasteiger partial charge in [0.1, 0.15) is 24.0 Å². The van der Waals surface area contributed by atoms with Crippen LogP contribution in [0.15, 0.2) is 60.2 Å². The Hall–Kier alpha value is -4.26. The second kappa shape index (κ2) is 11.9. The lowest BCUT2D eigenvalue weighted by molar-refractivity contribution is -0.384. The summed E-state index contributed by atoms with van der Waals surface area (Å²) < 4.78 is 11.5. The van der Waals surface area contributed by atoms with Crippen molar-refractivity contribution in [2.75, 3.05) is 11.9 Å². The van der Waals surface area contributed by atoms with Gasteiger partial charge >= 0.3 is 0 Å². The molecular weight excluding hydrogens is 509 g/mol. The number of carbonyl (C=O) groups is 1. The van der Waals surface area contributed by atoms with Crippen molar-refractivity contribution in [2.24, 2.45) is 0 Å². The van der Waals surface area contributed by atoms with Crippen LogP contribution in [0.4, 0.5) is 11.4 Å². The number of anilines is 1. The van der Waals surface area contributed by atoms with E-state index >= 15 is 0 Å². The van der Waals surface area contributed by atoms with E-state index in [1.165, 1.54) is 12.1 Å². The number of ether oxygens (including phenoxy) is 2. The lowest BCUT2D eigenvalue weighted by atomic mass is 10.1. The smallest absolute Gasteiger partial charge is 0.273 e. The van der Waals surface area contributed by atoms with Gasteiger partial charge < -0.3 is 19.9 Å². The third-order valence-electron chi connectivity index (χ3n) is 4.82. The number of benzene rings is 3. The first-order chi connectivity index (χ1) is 17.2. The number of halogens is 2. The lowest BCUT2D eigenvalue weighted by Crippen LogP contribution is -2.13. The third-order valence-corrected chi connectivity index (χ3v) is 5.53. The highest BCUT2D eigenvalue weighted by Gasteiger charge is 2.16. The fourth-order valence-electron chi connectivity index (χ4n) is 3.07. The van der Waals surface area contributed by atoms with Crippen molar-refractivity contribution in [3.05, 3.63) is 91.5 Å². The summed E-state index contributed by atoms with van der Waals surface area (Å²) in [5.41, 5.74) is 0.394. The zero-order chi connectivity index (χ0) is 26.2. The van der Waals surface area contributed by atoms with E-state index in [0.717, 1.165) is 12.1 Å². The number of nitriles is 1. The molecule has 0 atom stereocenters. The predicted molar refractivity (Wildman–Crippen MR) is 135 cm³/mol. The number of carbonyl (C=O) groups excluding carboxylic acids is 1. The van der Waals surface area contributed by atoms with Crippen molar-refractivity contribution in [3.63, 3.8) is 0 Å². The van der Waals surface area contributed by atoms with Crippen molar-refractivity contribution >= 4 is 46.6 Å². The maximum absolute atomic E-state index is 12.6. The van der Waals surface area contributed by atoms with Gasteiger partial charge in [-0.25, -0.2) is 0 Å². The summed E-state index contributed by atoms with van der Waals surface area (Å²) in [5, 5.41) is 33.6. The van der Waals surface area contributed by atoms with Gasteiger partial charge in [0.25, 0.3) is 11.6 Å². The number of amides is 1. The average molecular weight is 528 g/mol. The molecule has 11 heteroatoms. The van der Waals surface area contributed by atoms with Crippen LogP contribution in [0.1, 0.15) is 18.1 Å². The molecule has 0 radical (unpaired) electrons. The second-order valence-corrected chi connectivity index (χ2v) is 8.02. The molecular formula is C25H19Cl2N3O6. The molecule has 0 bridgehead atoms. The van der Waals surface area contributed by atoms with Gasteiger partial charge in [-0.15, -0.1) is 0 Å². The van der Waals surface area contributed by atoms with Gasteiger partial charge in [0.05, 0.1) is 23.3 Å². The Morgan fingerprint density at radius 1 is 1.14 bits per heavy atom. The normalized spacial score (nSPS) is 10.9. The van der Waals surface area contributed by atoms with Crippen LogP contribution in [-0.4, -0.2) is 22.5 Å². The number of nitro benzene ring substituents is 1. The summed E-state index contributed by atoms with van der Waals surface area (Å²) in [6.45, 7) is 2.22. The van der Waals surface area contributed by atoms with Crippen LogP contribution in [0, 0.1) is 21.4 Å². The predicted octanol–water partition coefficient (Wildman–Crippen LogP) is 6.13. The Morgan fingerprint density at radius 2 is 1.86 bits per heavy atom. The van der Waals surface area contributed by atoms with E-state index in [0.29, 0.717) is 39.3 Å². The van der Waals surface area contributed by atoms with Crippen LogP contribution < -0.4 is 14.8 Å². The Morgan fingerprint density at radius 3 is 2.47 bits per heavy atom. The zero-order valence-electron chi connectivity index (χ0n) is 18.8. The number of non-ortho nitro benzene ring substituents is 1. The number of nitrogens with one attached hydrogen (secondary N) is 1. The van der Waals surface area contributed by atoms with Gasteiger partial charge in [0, 0.05) is 21.7 Å². The fraction of sp³-hybridized carbons (Fsp3) is 0.120. The first-order valence-corrected chi connectivity index (χ1v) is 11.2. The molecule has 36 heavy (non-hydrogen) atoms. The molecule has 0 heterocycles. The van der Waals surface area contributed by atoms with Crippen LogP contribution in [0.3, 0.4) is 0 Å². The quantitative estimate of drug-likeness (QED) is 0.112. The summed E-state index contributed by atoms with van der Waals surface area (Å²) in [6, 6.07) is 15.0. The van der Waals surface area contributed by atoms with Crippen molar-refractivity contribution in [3.8, 4) is 23.3 Å². The molecule has 3 aromatic carbocycles. The highest BCUT2D eigenvalue weighted by molar-refractivity contribution is 6.35. The molecule has 0 aliphatic carbocycles. The van der Waals surface area contributed by atoms with Gasteiger partial charge in [-0.2, -0.15) is 5.26 Å². The van der Waals surface area contributed by atoms with Crippen LogP contribution in [-0.2, 0) is 11.4 Å². The maximum Gasteiger partial charge on any atom is 0.273 e. The molecule has 0 aromatic heterocycles. The topological polar surface area (TPSA) is 135 Å². The molecule has 0 spiro atoms. The van der Waals surface area contributed by atoms with E-state index in [4.69, 9.17) is 32.7 Å². The minimum atomic E-state index is -0.812. The molecule has 1 amide bonds. The van der Waals surface area contributed by atoms with E-state index in [1.54, 1.807) is 49.4 Å². The van der Waals surface area contributed by atoms with Crippen molar-refractivity contribution in [1.29, 1.82) is 5.26 Å². The third kappa shape index (κ3) is 6.44.